The van der Waals surface area contributed by atoms with E-state index in [9.17, 15) is 14.7 Å². The first-order chi connectivity index (χ1) is 13.9. The molecule has 4 rings (SSSR count). The summed E-state index contributed by atoms with van der Waals surface area (Å²) >= 11 is 6.64. The van der Waals surface area contributed by atoms with Crippen molar-refractivity contribution in [2.75, 3.05) is 22.9 Å². The van der Waals surface area contributed by atoms with Crippen LogP contribution in [0.2, 0.25) is 0 Å². The first kappa shape index (κ1) is 19.7. The van der Waals surface area contributed by atoms with Crippen molar-refractivity contribution in [2.24, 2.45) is 0 Å². The van der Waals surface area contributed by atoms with Gasteiger partial charge in [-0.25, -0.2) is 4.79 Å². The molecule has 2 aromatic rings. The highest BCUT2D eigenvalue weighted by atomic mass is 32.2. The van der Waals surface area contributed by atoms with Gasteiger partial charge in [0.15, 0.2) is 4.32 Å². The quantitative estimate of drug-likeness (QED) is 0.567. The number of amides is 1. The molecule has 0 atom stereocenters. The molecular formula is C22H20N2O3S2. The lowest BCUT2D eigenvalue weighted by atomic mass is 10.1. The van der Waals surface area contributed by atoms with Crippen LogP contribution in [0.15, 0.2) is 47.4 Å². The van der Waals surface area contributed by atoms with Gasteiger partial charge in [0.2, 0.25) is 0 Å². The van der Waals surface area contributed by atoms with Gasteiger partial charge in [0.05, 0.1) is 16.2 Å². The van der Waals surface area contributed by atoms with E-state index in [1.165, 1.54) is 47.3 Å². The molecule has 148 valence electrons. The van der Waals surface area contributed by atoms with E-state index in [0.717, 1.165) is 24.2 Å². The molecule has 2 saturated heterocycles. The molecule has 7 heteroatoms. The van der Waals surface area contributed by atoms with Crippen LogP contribution in [0.1, 0.15) is 34.3 Å². The third-order valence-corrected chi connectivity index (χ3v) is 6.46. The van der Waals surface area contributed by atoms with Crippen molar-refractivity contribution in [3.63, 3.8) is 0 Å². The van der Waals surface area contributed by atoms with Gasteiger partial charge in [0.25, 0.3) is 5.91 Å². The van der Waals surface area contributed by atoms with Gasteiger partial charge in [-0.1, -0.05) is 36.1 Å². The van der Waals surface area contributed by atoms with E-state index in [4.69, 9.17) is 12.2 Å². The molecule has 2 aliphatic heterocycles. The lowest BCUT2D eigenvalue weighted by molar-refractivity contribution is -0.113. The average molecular weight is 425 g/mol. The second-order valence-electron chi connectivity index (χ2n) is 7.11. The molecule has 5 nitrogen and oxygen atoms in total. The maximum atomic E-state index is 13.0. The molecule has 0 unspecified atom stereocenters. The van der Waals surface area contributed by atoms with Crippen LogP contribution in [-0.2, 0) is 4.79 Å². The zero-order valence-corrected chi connectivity index (χ0v) is 17.6. The second-order valence-corrected chi connectivity index (χ2v) is 8.78. The Morgan fingerprint density at radius 1 is 1.14 bits per heavy atom. The van der Waals surface area contributed by atoms with Gasteiger partial charge in [-0.2, -0.15) is 0 Å². The lowest BCUT2D eigenvalue weighted by Gasteiger charge is -2.18. The highest BCUT2D eigenvalue weighted by Gasteiger charge is 2.33. The Balaban J connectivity index is 1.61. The number of carboxylic acids is 1. The number of carbonyl (C=O) groups is 2. The molecule has 0 spiro atoms. The first-order valence-electron chi connectivity index (χ1n) is 9.41. The number of hydrogen-bond donors (Lipinski definition) is 1. The Kier molecular flexibility index (Phi) is 5.43. The van der Waals surface area contributed by atoms with Gasteiger partial charge in [0, 0.05) is 18.8 Å². The molecule has 0 aromatic heterocycles. The molecule has 1 N–H and O–H groups in total. The van der Waals surface area contributed by atoms with E-state index in [1.54, 1.807) is 12.1 Å². The van der Waals surface area contributed by atoms with Gasteiger partial charge >= 0.3 is 5.97 Å². The van der Waals surface area contributed by atoms with Crippen LogP contribution in [0.25, 0.3) is 6.08 Å². The number of thioether (sulfide) groups is 1. The third kappa shape index (κ3) is 3.93. The molecule has 29 heavy (non-hydrogen) atoms. The number of anilines is 2. The van der Waals surface area contributed by atoms with Crippen molar-refractivity contribution < 1.29 is 14.7 Å². The fourth-order valence-corrected chi connectivity index (χ4v) is 4.89. The predicted molar refractivity (Wildman–Crippen MR) is 122 cm³/mol. The van der Waals surface area contributed by atoms with Crippen LogP contribution < -0.4 is 9.80 Å². The van der Waals surface area contributed by atoms with Crippen LogP contribution in [0.5, 0.6) is 0 Å². The zero-order chi connectivity index (χ0) is 20.5. The number of aromatic carboxylic acids is 1. The molecule has 2 heterocycles. The molecule has 0 bridgehead atoms. The van der Waals surface area contributed by atoms with E-state index in [0.29, 0.717) is 14.9 Å². The Hall–Kier alpha value is -2.64. The topological polar surface area (TPSA) is 60.9 Å². The number of aryl methyl sites for hydroxylation is 1. The van der Waals surface area contributed by atoms with E-state index < -0.39 is 5.97 Å². The molecule has 0 aliphatic carbocycles. The molecule has 2 fully saturated rings. The van der Waals surface area contributed by atoms with Gasteiger partial charge in [-0.05, 0) is 67.3 Å². The summed E-state index contributed by atoms with van der Waals surface area (Å²) in [6, 6.07) is 12.6. The Bertz CT molecular complexity index is 1040. The summed E-state index contributed by atoms with van der Waals surface area (Å²) in [5.74, 6) is -1.27. The minimum absolute atomic E-state index is 0.119. The second kappa shape index (κ2) is 8.00. The SMILES string of the molecule is Cc1cc(N2CCCC2)ccc1/C=C1/SC(=S)N(c2cccc(C(=O)O)c2)C1=O. The predicted octanol–water partition coefficient (Wildman–Crippen LogP) is 4.70. The molecule has 0 radical (unpaired) electrons. The monoisotopic (exact) mass is 424 g/mol. The van der Waals surface area contributed by atoms with Crippen molar-refractivity contribution >= 4 is 57.6 Å². The minimum atomic E-state index is -1.04. The maximum Gasteiger partial charge on any atom is 0.335 e. The average Bonchev–Trinajstić information content (AvgIpc) is 3.32. The van der Waals surface area contributed by atoms with E-state index in [-0.39, 0.29) is 11.5 Å². The standard InChI is InChI=1S/C22H20N2O3S2/c1-14-11-17(23-9-2-3-10-23)8-7-15(14)13-19-20(25)24(22(28)29-19)18-6-4-5-16(12-18)21(26)27/h4-8,11-13H,2-3,9-10H2,1H3,(H,26,27)/b19-13+. The van der Waals surface area contributed by atoms with Gasteiger partial charge in [-0.15, -0.1) is 0 Å². The summed E-state index contributed by atoms with van der Waals surface area (Å²) in [5.41, 5.74) is 3.89. The number of benzene rings is 2. The maximum absolute atomic E-state index is 13.0. The number of thiocarbonyl (C=S) groups is 1. The largest absolute Gasteiger partial charge is 0.478 e. The number of carbonyl (C=O) groups excluding carboxylic acids is 1. The minimum Gasteiger partial charge on any atom is -0.478 e. The smallest absolute Gasteiger partial charge is 0.335 e. The van der Waals surface area contributed by atoms with Crippen molar-refractivity contribution in [1.29, 1.82) is 0 Å². The number of carboxylic acid groups (broad SMARTS) is 1. The van der Waals surface area contributed by atoms with Gasteiger partial charge < -0.3 is 10.0 Å². The summed E-state index contributed by atoms with van der Waals surface area (Å²) < 4.78 is 0.398. The van der Waals surface area contributed by atoms with Crippen LogP contribution in [0.3, 0.4) is 0 Å². The summed E-state index contributed by atoms with van der Waals surface area (Å²) in [6.07, 6.45) is 4.32. The summed E-state index contributed by atoms with van der Waals surface area (Å²) in [7, 11) is 0. The van der Waals surface area contributed by atoms with Crippen molar-refractivity contribution in [3.8, 4) is 0 Å². The third-order valence-electron chi connectivity index (χ3n) is 5.16. The van der Waals surface area contributed by atoms with Crippen LogP contribution in [0, 0.1) is 6.92 Å². The first-order valence-corrected chi connectivity index (χ1v) is 10.6. The Morgan fingerprint density at radius 2 is 1.90 bits per heavy atom. The molecule has 2 aliphatic rings. The number of nitrogens with zero attached hydrogens (tertiary/aromatic N) is 2. The van der Waals surface area contributed by atoms with Crippen LogP contribution in [-0.4, -0.2) is 34.4 Å². The Morgan fingerprint density at radius 3 is 2.59 bits per heavy atom. The summed E-state index contributed by atoms with van der Waals surface area (Å²) in [6.45, 7) is 4.22. The van der Waals surface area contributed by atoms with E-state index >= 15 is 0 Å². The van der Waals surface area contributed by atoms with Crippen LogP contribution in [0.4, 0.5) is 11.4 Å². The Labute approximate surface area is 179 Å². The molecule has 0 saturated carbocycles. The highest BCUT2D eigenvalue weighted by molar-refractivity contribution is 8.27. The van der Waals surface area contributed by atoms with Crippen molar-refractivity contribution in [2.45, 2.75) is 19.8 Å². The fourth-order valence-electron chi connectivity index (χ4n) is 3.60. The molecule has 1 amide bonds. The molecule has 2 aromatic carbocycles. The normalized spacial score (nSPS) is 18.2. The number of hydrogen-bond acceptors (Lipinski definition) is 5. The van der Waals surface area contributed by atoms with E-state index in [2.05, 4.69) is 17.0 Å². The lowest BCUT2D eigenvalue weighted by Crippen LogP contribution is -2.27. The zero-order valence-electron chi connectivity index (χ0n) is 15.9. The van der Waals surface area contributed by atoms with Gasteiger partial charge in [-0.3, -0.25) is 9.69 Å². The summed E-state index contributed by atoms with van der Waals surface area (Å²) in [4.78, 5) is 28.5. The van der Waals surface area contributed by atoms with Gasteiger partial charge in [0.1, 0.15) is 0 Å². The van der Waals surface area contributed by atoms with Crippen LogP contribution >= 0.6 is 24.0 Å². The van der Waals surface area contributed by atoms with Crippen molar-refractivity contribution in [3.05, 3.63) is 64.1 Å². The fraction of sp³-hybridized carbons (Fsp3) is 0.227. The highest BCUT2D eigenvalue weighted by Crippen LogP contribution is 2.37. The number of rotatable bonds is 4. The van der Waals surface area contributed by atoms with Crippen molar-refractivity contribution in [1.82, 2.24) is 0 Å². The van der Waals surface area contributed by atoms with E-state index in [1.807, 2.05) is 19.1 Å². The summed E-state index contributed by atoms with van der Waals surface area (Å²) in [5, 5.41) is 9.21. The molecular weight excluding hydrogens is 404 g/mol.